The van der Waals surface area contributed by atoms with E-state index in [1.54, 1.807) is 11.4 Å². The molecular formula is C10H25N2OPS. The van der Waals surface area contributed by atoms with Crippen molar-refractivity contribution in [1.29, 1.82) is 0 Å². The smallest absolute Gasteiger partial charge is 0.271 e. The second-order valence-corrected chi connectivity index (χ2v) is 8.34. The van der Waals surface area contributed by atoms with Crippen molar-refractivity contribution in [2.24, 2.45) is 0 Å². The third-order valence-electron chi connectivity index (χ3n) is 2.47. The van der Waals surface area contributed by atoms with Crippen LogP contribution in [0.4, 0.5) is 0 Å². The van der Waals surface area contributed by atoms with Crippen LogP contribution in [-0.2, 0) is 4.57 Å². The lowest BCUT2D eigenvalue weighted by atomic mass is 10.7. The Hall–Kier alpha value is 0.500. The topological polar surface area (TPSA) is 23.6 Å². The van der Waals surface area contributed by atoms with Gasteiger partial charge in [0.05, 0.1) is 0 Å². The number of hydrogen-bond acceptors (Lipinski definition) is 2. The average Bonchev–Trinajstić information content (AvgIpc) is 2.21. The van der Waals surface area contributed by atoms with Crippen molar-refractivity contribution in [3.05, 3.63) is 0 Å². The molecule has 0 atom stereocenters. The molecule has 0 spiro atoms. The fourth-order valence-electron chi connectivity index (χ4n) is 1.67. The zero-order valence-electron chi connectivity index (χ0n) is 10.7. The first-order valence-corrected chi connectivity index (χ1v) is 9.06. The first-order chi connectivity index (χ1) is 7.10. The fourth-order valence-corrected chi connectivity index (χ4v) is 7.50. The van der Waals surface area contributed by atoms with Crippen LogP contribution in [0.5, 0.6) is 0 Å². The van der Waals surface area contributed by atoms with Crippen LogP contribution in [0.1, 0.15) is 34.6 Å². The Kier molecular flexibility index (Phi) is 7.98. The summed E-state index contributed by atoms with van der Waals surface area (Å²) in [4.78, 5) is 0. The van der Waals surface area contributed by atoms with Crippen LogP contribution in [0.3, 0.4) is 0 Å². The van der Waals surface area contributed by atoms with E-state index >= 15 is 0 Å². The molecule has 0 fully saturated rings. The highest BCUT2D eigenvalue weighted by atomic mass is 32.7. The Morgan fingerprint density at radius 1 is 0.867 bits per heavy atom. The van der Waals surface area contributed by atoms with Crippen LogP contribution in [0.15, 0.2) is 0 Å². The second kappa shape index (κ2) is 7.72. The van der Waals surface area contributed by atoms with E-state index in [1.807, 2.05) is 0 Å². The molecule has 0 N–H and O–H groups in total. The van der Waals surface area contributed by atoms with Gasteiger partial charge in [-0.3, -0.25) is 4.57 Å². The number of rotatable bonds is 8. The lowest BCUT2D eigenvalue weighted by Crippen LogP contribution is -2.30. The molecule has 0 rings (SSSR count). The molecule has 15 heavy (non-hydrogen) atoms. The molecule has 0 saturated heterocycles. The quantitative estimate of drug-likeness (QED) is 0.617. The predicted octanol–water partition coefficient (Wildman–Crippen LogP) is 3.53. The van der Waals surface area contributed by atoms with Crippen LogP contribution >= 0.6 is 18.0 Å². The van der Waals surface area contributed by atoms with Gasteiger partial charge in [0, 0.05) is 26.2 Å². The third kappa shape index (κ3) is 3.77. The lowest BCUT2D eigenvalue weighted by Gasteiger charge is -2.36. The molecule has 0 aromatic carbocycles. The number of nitrogens with zero attached hydrogens (tertiary/aromatic N) is 2. The molecule has 0 aliphatic rings. The summed E-state index contributed by atoms with van der Waals surface area (Å²) in [6.45, 7) is 11.5. The highest BCUT2D eigenvalue weighted by Crippen LogP contribution is 2.63. The Bertz CT molecular complexity index is 190. The van der Waals surface area contributed by atoms with Crippen LogP contribution in [0, 0.1) is 0 Å². The van der Waals surface area contributed by atoms with E-state index in [0.29, 0.717) is 0 Å². The van der Waals surface area contributed by atoms with Crippen LogP contribution in [0.2, 0.25) is 0 Å². The van der Waals surface area contributed by atoms with Crippen LogP contribution in [0.25, 0.3) is 0 Å². The molecule has 0 aliphatic heterocycles. The normalized spacial score (nSPS) is 12.7. The Morgan fingerprint density at radius 2 is 1.20 bits per heavy atom. The van der Waals surface area contributed by atoms with Gasteiger partial charge in [0.1, 0.15) is 0 Å². The van der Waals surface area contributed by atoms with E-state index in [4.69, 9.17) is 0 Å². The van der Waals surface area contributed by atoms with E-state index in [0.717, 1.165) is 31.9 Å². The van der Waals surface area contributed by atoms with E-state index in [-0.39, 0.29) is 0 Å². The summed E-state index contributed by atoms with van der Waals surface area (Å²) in [6.07, 6.45) is 0. The summed E-state index contributed by atoms with van der Waals surface area (Å²) >= 11 is 1.60. The van der Waals surface area contributed by atoms with Crippen molar-refractivity contribution in [2.75, 3.05) is 31.9 Å². The molecule has 0 aliphatic carbocycles. The van der Waals surface area contributed by atoms with Crippen molar-refractivity contribution >= 4 is 18.0 Å². The Morgan fingerprint density at radius 3 is 1.40 bits per heavy atom. The van der Waals surface area contributed by atoms with Crippen molar-refractivity contribution < 1.29 is 4.57 Å². The van der Waals surface area contributed by atoms with E-state index in [1.165, 1.54) is 0 Å². The molecular weight excluding hydrogens is 227 g/mol. The molecule has 0 aromatic heterocycles. The van der Waals surface area contributed by atoms with Gasteiger partial charge >= 0.3 is 0 Å². The summed E-state index contributed by atoms with van der Waals surface area (Å²) in [5.74, 6) is 0.907. The summed E-state index contributed by atoms with van der Waals surface area (Å²) in [7, 11) is 0. The predicted molar refractivity (Wildman–Crippen MR) is 71.6 cm³/mol. The van der Waals surface area contributed by atoms with Crippen LogP contribution < -0.4 is 0 Å². The van der Waals surface area contributed by atoms with Gasteiger partial charge in [0.15, 0.2) is 0 Å². The van der Waals surface area contributed by atoms with Crippen LogP contribution in [-0.4, -0.2) is 41.3 Å². The van der Waals surface area contributed by atoms with Crippen molar-refractivity contribution in [1.82, 2.24) is 9.34 Å². The first kappa shape index (κ1) is 15.5. The largest absolute Gasteiger partial charge is 0.277 e. The molecule has 92 valence electrons. The zero-order valence-corrected chi connectivity index (χ0v) is 12.4. The molecule has 0 bridgehead atoms. The summed E-state index contributed by atoms with van der Waals surface area (Å²) in [5.41, 5.74) is 0. The van der Waals surface area contributed by atoms with Gasteiger partial charge in [-0.15, -0.1) is 0 Å². The van der Waals surface area contributed by atoms with Gasteiger partial charge in [-0.05, 0) is 5.75 Å². The fraction of sp³-hybridized carbons (Fsp3) is 1.00. The van der Waals surface area contributed by atoms with Gasteiger partial charge in [-0.1, -0.05) is 46.0 Å². The maximum atomic E-state index is 13.0. The molecule has 0 amide bonds. The minimum absolute atomic E-state index is 0.858. The molecule has 0 aromatic rings. The second-order valence-electron chi connectivity index (χ2n) is 3.19. The minimum Gasteiger partial charge on any atom is -0.277 e. The van der Waals surface area contributed by atoms with Gasteiger partial charge in [-0.2, -0.15) is 0 Å². The van der Waals surface area contributed by atoms with Crippen molar-refractivity contribution in [3.8, 4) is 0 Å². The highest BCUT2D eigenvalue weighted by Gasteiger charge is 2.33. The first-order valence-electron chi connectivity index (χ1n) is 5.85. The number of hydrogen-bond donors (Lipinski definition) is 0. The van der Waals surface area contributed by atoms with Crippen molar-refractivity contribution in [2.45, 2.75) is 34.6 Å². The average molecular weight is 252 g/mol. The van der Waals surface area contributed by atoms with E-state index in [2.05, 4.69) is 44.0 Å². The van der Waals surface area contributed by atoms with Gasteiger partial charge in [0.2, 0.25) is 0 Å². The van der Waals surface area contributed by atoms with Crippen molar-refractivity contribution in [3.63, 3.8) is 0 Å². The molecule has 5 heteroatoms. The molecule has 0 radical (unpaired) electrons. The summed E-state index contributed by atoms with van der Waals surface area (Å²) in [6, 6.07) is 0. The standard InChI is InChI=1S/C10H25N2OPS/c1-6-11(7-2)14(13,15-10-5)12(8-3)9-4/h6-10H2,1-5H3. The summed E-state index contributed by atoms with van der Waals surface area (Å²) < 4.78 is 17.2. The minimum atomic E-state index is -2.36. The lowest BCUT2D eigenvalue weighted by molar-refractivity contribution is 0.375. The molecule has 3 nitrogen and oxygen atoms in total. The molecule has 0 saturated carbocycles. The van der Waals surface area contributed by atoms with E-state index in [9.17, 15) is 4.57 Å². The summed E-state index contributed by atoms with van der Waals surface area (Å²) in [5, 5.41) is 0. The third-order valence-corrected chi connectivity index (χ3v) is 8.80. The maximum Gasteiger partial charge on any atom is 0.271 e. The molecule has 0 unspecified atom stereocenters. The highest BCUT2D eigenvalue weighted by molar-refractivity contribution is 8.56. The Labute approximate surface area is 98.8 Å². The Balaban J connectivity index is 4.92. The van der Waals surface area contributed by atoms with Gasteiger partial charge < -0.3 is 0 Å². The molecule has 0 heterocycles. The van der Waals surface area contributed by atoms with E-state index < -0.39 is 6.65 Å². The zero-order chi connectivity index (χ0) is 11.9. The van der Waals surface area contributed by atoms with Gasteiger partial charge in [-0.25, -0.2) is 9.34 Å². The monoisotopic (exact) mass is 252 g/mol. The SMILES string of the molecule is CCSP(=O)(N(CC)CC)N(CC)CC. The maximum absolute atomic E-state index is 13.0. The van der Waals surface area contributed by atoms with Gasteiger partial charge in [0.25, 0.3) is 6.65 Å².